The van der Waals surface area contributed by atoms with Crippen LogP contribution in [0.25, 0.3) is 0 Å². The van der Waals surface area contributed by atoms with Gasteiger partial charge in [0.1, 0.15) is 5.75 Å². The molecule has 2 N–H and O–H groups in total. The highest BCUT2D eigenvalue weighted by Crippen LogP contribution is 2.32. The minimum absolute atomic E-state index is 0.277. The third-order valence-corrected chi connectivity index (χ3v) is 2.29. The van der Waals surface area contributed by atoms with Crippen molar-refractivity contribution in [2.24, 2.45) is 0 Å². The number of benzene rings is 1. The smallest absolute Gasteiger partial charge is 0.267 e. The topological polar surface area (TPSA) is 32.3 Å². The molecule has 0 radical (unpaired) electrons. The first-order valence-corrected chi connectivity index (χ1v) is 4.81. The lowest BCUT2D eigenvalue weighted by Gasteiger charge is -2.10. The number of likely N-dealkylation sites (N-methyl/N-ethyl adjacent to an activating group) is 1. The lowest BCUT2D eigenvalue weighted by molar-refractivity contribution is 0.147. The van der Waals surface area contributed by atoms with Crippen molar-refractivity contribution in [1.29, 1.82) is 0 Å². The number of hydrogen-bond donors (Lipinski definition) is 2. The van der Waals surface area contributed by atoms with Gasteiger partial charge in [0.2, 0.25) is 0 Å². The Balaban J connectivity index is 3.00. The highest BCUT2D eigenvalue weighted by atomic mass is 19.3. The minimum atomic E-state index is -2.63. The number of nitrogens with one attached hydrogen (secondary N) is 1. The molecule has 4 heteroatoms. The van der Waals surface area contributed by atoms with Crippen LogP contribution >= 0.6 is 0 Å². The van der Waals surface area contributed by atoms with Crippen molar-refractivity contribution in [1.82, 2.24) is 5.32 Å². The molecule has 0 aliphatic rings. The van der Waals surface area contributed by atoms with Gasteiger partial charge >= 0.3 is 0 Å². The summed E-state index contributed by atoms with van der Waals surface area (Å²) in [5.74, 6) is -0.293. The van der Waals surface area contributed by atoms with Crippen molar-refractivity contribution in [2.45, 2.75) is 19.8 Å². The second-order valence-electron chi connectivity index (χ2n) is 3.50. The second kappa shape index (κ2) is 5.07. The summed E-state index contributed by atoms with van der Waals surface area (Å²) in [7, 11) is 1.81. The molecule has 0 bridgehead atoms. The van der Waals surface area contributed by atoms with Crippen LogP contribution in [0.15, 0.2) is 12.1 Å². The van der Waals surface area contributed by atoms with E-state index < -0.39 is 6.43 Å². The molecule has 0 spiro atoms. The first-order valence-electron chi connectivity index (χ1n) is 4.81. The molecule has 1 rings (SSSR count). The molecule has 0 amide bonds. The van der Waals surface area contributed by atoms with Crippen LogP contribution < -0.4 is 5.32 Å². The molecule has 1 aromatic carbocycles. The van der Waals surface area contributed by atoms with E-state index in [0.29, 0.717) is 12.0 Å². The van der Waals surface area contributed by atoms with Gasteiger partial charge in [0.25, 0.3) is 6.43 Å². The summed E-state index contributed by atoms with van der Waals surface area (Å²) in [5.41, 5.74) is 1.04. The minimum Gasteiger partial charge on any atom is -0.507 e. The fraction of sp³-hybridized carbons (Fsp3) is 0.455. The highest BCUT2D eigenvalue weighted by Gasteiger charge is 2.15. The van der Waals surface area contributed by atoms with E-state index in [1.54, 1.807) is 20.0 Å². The number of aryl methyl sites for hydroxylation is 1. The maximum Gasteiger partial charge on any atom is 0.267 e. The van der Waals surface area contributed by atoms with Crippen LogP contribution in [0.5, 0.6) is 5.75 Å². The molecular weight excluding hydrogens is 200 g/mol. The average Bonchev–Trinajstić information content (AvgIpc) is 2.19. The van der Waals surface area contributed by atoms with Gasteiger partial charge in [-0.25, -0.2) is 8.78 Å². The summed E-state index contributed by atoms with van der Waals surface area (Å²) < 4.78 is 25.1. The Morgan fingerprint density at radius 2 is 2.07 bits per heavy atom. The Kier molecular flexibility index (Phi) is 4.03. The summed E-state index contributed by atoms with van der Waals surface area (Å²) in [6.07, 6.45) is -1.95. The molecule has 2 nitrogen and oxygen atoms in total. The normalized spacial score (nSPS) is 11.0. The Morgan fingerprint density at radius 1 is 1.40 bits per heavy atom. The maximum atomic E-state index is 12.5. The van der Waals surface area contributed by atoms with Gasteiger partial charge in [-0.15, -0.1) is 0 Å². The first kappa shape index (κ1) is 11.9. The van der Waals surface area contributed by atoms with E-state index in [1.807, 2.05) is 0 Å². The van der Waals surface area contributed by atoms with E-state index in [2.05, 4.69) is 5.32 Å². The van der Waals surface area contributed by atoms with Gasteiger partial charge in [-0.2, -0.15) is 0 Å². The van der Waals surface area contributed by atoms with Crippen molar-refractivity contribution in [3.8, 4) is 5.75 Å². The molecule has 0 aliphatic heterocycles. The number of alkyl halides is 2. The highest BCUT2D eigenvalue weighted by molar-refractivity contribution is 5.43. The van der Waals surface area contributed by atoms with Gasteiger partial charge in [-0.3, -0.25) is 0 Å². The van der Waals surface area contributed by atoms with E-state index in [-0.39, 0.29) is 11.3 Å². The molecule has 15 heavy (non-hydrogen) atoms. The van der Waals surface area contributed by atoms with Crippen LogP contribution in [0.1, 0.15) is 23.1 Å². The average molecular weight is 215 g/mol. The largest absolute Gasteiger partial charge is 0.507 e. The van der Waals surface area contributed by atoms with Gasteiger partial charge in [0.05, 0.1) is 5.56 Å². The molecule has 0 fully saturated rings. The molecule has 0 unspecified atom stereocenters. The Labute approximate surface area is 87.9 Å². The molecule has 0 aromatic heterocycles. The van der Waals surface area contributed by atoms with E-state index >= 15 is 0 Å². The van der Waals surface area contributed by atoms with Crippen molar-refractivity contribution in [3.63, 3.8) is 0 Å². The lowest BCUT2D eigenvalue weighted by Crippen LogP contribution is -2.10. The van der Waals surface area contributed by atoms with Gasteiger partial charge in [0.15, 0.2) is 0 Å². The SMILES string of the molecule is CNCCc1cc(C)c(O)c(C(F)F)c1. The zero-order valence-corrected chi connectivity index (χ0v) is 8.85. The van der Waals surface area contributed by atoms with E-state index in [9.17, 15) is 13.9 Å². The standard InChI is InChI=1S/C11H15F2NO/c1-7-5-8(3-4-14-2)6-9(10(7)15)11(12)13/h5-6,11,14-15H,3-4H2,1-2H3. The molecule has 0 saturated heterocycles. The summed E-state index contributed by atoms with van der Waals surface area (Å²) in [4.78, 5) is 0. The Morgan fingerprint density at radius 3 is 2.60 bits per heavy atom. The van der Waals surface area contributed by atoms with Gasteiger partial charge < -0.3 is 10.4 Å². The van der Waals surface area contributed by atoms with Crippen LogP contribution in [0, 0.1) is 6.92 Å². The van der Waals surface area contributed by atoms with Crippen LogP contribution in [0.4, 0.5) is 8.78 Å². The number of phenolic OH excluding ortho intramolecular Hbond substituents is 1. The molecule has 0 saturated carbocycles. The van der Waals surface area contributed by atoms with Crippen molar-refractivity contribution in [3.05, 3.63) is 28.8 Å². The molecule has 1 aromatic rings. The van der Waals surface area contributed by atoms with Crippen LogP contribution in [-0.4, -0.2) is 18.7 Å². The molecule has 84 valence electrons. The van der Waals surface area contributed by atoms with Crippen molar-refractivity contribution >= 4 is 0 Å². The van der Waals surface area contributed by atoms with Crippen molar-refractivity contribution in [2.75, 3.05) is 13.6 Å². The van der Waals surface area contributed by atoms with E-state index in [4.69, 9.17) is 0 Å². The first-order chi connectivity index (χ1) is 7.06. The fourth-order valence-electron chi connectivity index (χ4n) is 1.46. The van der Waals surface area contributed by atoms with Crippen LogP contribution in [0.2, 0.25) is 0 Å². The maximum absolute atomic E-state index is 12.5. The summed E-state index contributed by atoms with van der Waals surface area (Å²) >= 11 is 0. The molecular formula is C11H15F2NO. The lowest BCUT2D eigenvalue weighted by atomic mass is 10.0. The second-order valence-corrected chi connectivity index (χ2v) is 3.50. The predicted molar refractivity (Wildman–Crippen MR) is 55.4 cm³/mol. The summed E-state index contributed by atoms with van der Waals surface area (Å²) in [6, 6.07) is 3.10. The zero-order chi connectivity index (χ0) is 11.4. The van der Waals surface area contributed by atoms with Crippen molar-refractivity contribution < 1.29 is 13.9 Å². The monoisotopic (exact) mass is 215 g/mol. The summed E-state index contributed by atoms with van der Waals surface area (Å²) in [5, 5.41) is 12.4. The fourth-order valence-corrected chi connectivity index (χ4v) is 1.46. The third-order valence-electron chi connectivity index (χ3n) is 2.29. The zero-order valence-electron chi connectivity index (χ0n) is 8.85. The quantitative estimate of drug-likeness (QED) is 0.808. The number of phenols is 1. The van der Waals surface area contributed by atoms with Gasteiger partial charge in [0, 0.05) is 0 Å². The number of aromatic hydroxyl groups is 1. The van der Waals surface area contributed by atoms with Gasteiger partial charge in [-0.05, 0) is 44.1 Å². The van der Waals surface area contributed by atoms with Crippen LogP contribution in [0.3, 0.4) is 0 Å². The Hall–Kier alpha value is -1.16. The van der Waals surface area contributed by atoms with E-state index in [0.717, 1.165) is 12.1 Å². The Bertz CT molecular complexity index is 340. The molecule has 0 atom stereocenters. The van der Waals surface area contributed by atoms with Crippen LogP contribution in [-0.2, 0) is 6.42 Å². The predicted octanol–water partition coefficient (Wildman–Crippen LogP) is 2.40. The molecule has 0 heterocycles. The summed E-state index contributed by atoms with van der Waals surface area (Å²) in [6.45, 7) is 2.36. The number of halogens is 2. The molecule has 0 aliphatic carbocycles. The van der Waals surface area contributed by atoms with Gasteiger partial charge in [-0.1, -0.05) is 6.07 Å². The number of rotatable bonds is 4. The third kappa shape index (κ3) is 2.89. The van der Waals surface area contributed by atoms with E-state index in [1.165, 1.54) is 6.07 Å². The number of hydrogen-bond acceptors (Lipinski definition) is 2.